The summed E-state index contributed by atoms with van der Waals surface area (Å²) >= 11 is 5.10. The van der Waals surface area contributed by atoms with Gasteiger partial charge in [-0.25, -0.2) is 4.98 Å². The monoisotopic (exact) mass is 346 g/mol. The molecule has 3 aromatic heterocycles. The van der Waals surface area contributed by atoms with E-state index in [4.69, 9.17) is 0 Å². The number of aromatic nitrogens is 1. The van der Waals surface area contributed by atoms with Crippen LogP contribution in [0.5, 0.6) is 0 Å². The minimum Gasteiger partial charge on any atom is -0.338 e. The summed E-state index contributed by atoms with van der Waals surface area (Å²) in [7, 11) is 0. The highest BCUT2D eigenvalue weighted by molar-refractivity contribution is 7.20. The number of fused-ring (bicyclic) bond motifs is 1. The van der Waals surface area contributed by atoms with Crippen molar-refractivity contribution in [3.05, 3.63) is 50.5 Å². The zero-order valence-corrected chi connectivity index (χ0v) is 14.3. The van der Waals surface area contributed by atoms with Crippen LogP contribution in [0.2, 0.25) is 0 Å². The standard InChI is InChI=1S/C16H14N2OS3/c19-15(18-5-3-13-11(9-18)4-7-21-13)8-12-10-22-16(17-12)14-2-1-6-20-14/h1-2,4,6-7,10H,3,5,8-9H2. The molecule has 3 aromatic rings. The van der Waals surface area contributed by atoms with E-state index in [-0.39, 0.29) is 5.91 Å². The molecule has 0 N–H and O–H groups in total. The molecule has 0 atom stereocenters. The molecule has 1 aliphatic rings. The topological polar surface area (TPSA) is 33.2 Å². The average molecular weight is 347 g/mol. The maximum absolute atomic E-state index is 12.5. The largest absolute Gasteiger partial charge is 0.338 e. The molecule has 0 bridgehead atoms. The maximum Gasteiger partial charge on any atom is 0.228 e. The van der Waals surface area contributed by atoms with Crippen molar-refractivity contribution in [1.82, 2.24) is 9.88 Å². The Labute approximate surface area is 140 Å². The highest BCUT2D eigenvalue weighted by atomic mass is 32.1. The van der Waals surface area contributed by atoms with E-state index in [1.165, 1.54) is 15.3 Å². The first kappa shape index (κ1) is 14.1. The van der Waals surface area contributed by atoms with Gasteiger partial charge in [-0.3, -0.25) is 4.79 Å². The van der Waals surface area contributed by atoms with Gasteiger partial charge in [-0.05, 0) is 34.9 Å². The van der Waals surface area contributed by atoms with Crippen molar-refractivity contribution in [3.63, 3.8) is 0 Å². The van der Waals surface area contributed by atoms with Gasteiger partial charge in [-0.2, -0.15) is 0 Å². The Morgan fingerprint density at radius 3 is 3.05 bits per heavy atom. The second-order valence-electron chi connectivity index (χ2n) is 5.23. The zero-order chi connectivity index (χ0) is 14.9. The van der Waals surface area contributed by atoms with Crippen LogP contribution in [0.4, 0.5) is 0 Å². The summed E-state index contributed by atoms with van der Waals surface area (Å²) in [6.07, 6.45) is 1.39. The molecule has 0 radical (unpaired) electrons. The Kier molecular flexibility index (Phi) is 3.82. The second-order valence-corrected chi connectivity index (χ2v) is 8.04. The number of hydrogen-bond acceptors (Lipinski definition) is 5. The van der Waals surface area contributed by atoms with E-state index in [1.807, 2.05) is 21.7 Å². The molecule has 6 heteroatoms. The summed E-state index contributed by atoms with van der Waals surface area (Å²) in [4.78, 5) is 21.7. The number of carbonyl (C=O) groups excluding carboxylic acids is 1. The van der Waals surface area contributed by atoms with Crippen molar-refractivity contribution < 1.29 is 4.79 Å². The highest BCUT2D eigenvalue weighted by Gasteiger charge is 2.22. The first-order chi connectivity index (χ1) is 10.8. The summed E-state index contributed by atoms with van der Waals surface area (Å²) in [5.41, 5.74) is 2.19. The first-order valence-electron chi connectivity index (χ1n) is 7.11. The smallest absolute Gasteiger partial charge is 0.228 e. The molecule has 112 valence electrons. The molecule has 0 unspecified atom stereocenters. The number of carbonyl (C=O) groups is 1. The van der Waals surface area contributed by atoms with E-state index < -0.39 is 0 Å². The van der Waals surface area contributed by atoms with Gasteiger partial charge < -0.3 is 4.90 Å². The van der Waals surface area contributed by atoms with Crippen LogP contribution in [-0.2, 0) is 24.2 Å². The summed E-state index contributed by atoms with van der Waals surface area (Å²) in [5.74, 6) is 0.180. The molecule has 0 fully saturated rings. The molecule has 0 aromatic carbocycles. The van der Waals surface area contributed by atoms with Gasteiger partial charge in [0, 0.05) is 23.3 Å². The van der Waals surface area contributed by atoms with Gasteiger partial charge in [0.05, 0.1) is 17.0 Å². The van der Waals surface area contributed by atoms with Crippen LogP contribution in [0.15, 0.2) is 34.3 Å². The van der Waals surface area contributed by atoms with Crippen molar-refractivity contribution in [2.24, 2.45) is 0 Å². The normalized spacial score (nSPS) is 14.1. The third kappa shape index (κ3) is 2.74. The predicted molar refractivity (Wildman–Crippen MR) is 92.6 cm³/mol. The van der Waals surface area contributed by atoms with E-state index >= 15 is 0 Å². The Hall–Kier alpha value is -1.50. The minimum absolute atomic E-state index is 0.180. The number of nitrogens with zero attached hydrogens (tertiary/aromatic N) is 2. The lowest BCUT2D eigenvalue weighted by atomic mass is 10.1. The Balaban J connectivity index is 1.44. The highest BCUT2D eigenvalue weighted by Crippen LogP contribution is 2.28. The molecule has 4 rings (SSSR count). The molecule has 4 heterocycles. The summed E-state index contributed by atoms with van der Waals surface area (Å²) in [6.45, 7) is 1.58. The third-order valence-electron chi connectivity index (χ3n) is 3.78. The number of hydrogen-bond donors (Lipinski definition) is 0. The molecular weight excluding hydrogens is 332 g/mol. The summed E-state index contributed by atoms with van der Waals surface area (Å²) in [5, 5.41) is 7.18. The quantitative estimate of drug-likeness (QED) is 0.716. The molecular formula is C16H14N2OS3. The Morgan fingerprint density at radius 2 is 2.18 bits per heavy atom. The number of amides is 1. The molecule has 0 spiro atoms. The van der Waals surface area contributed by atoms with Crippen molar-refractivity contribution in [2.45, 2.75) is 19.4 Å². The lowest BCUT2D eigenvalue weighted by molar-refractivity contribution is -0.131. The van der Waals surface area contributed by atoms with Gasteiger partial charge >= 0.3 is 0 Å². The fraction of sp³-hybridized carbons (Fsp3) is 0.250. The van der Waals surface area contributed by atoms with Gasteiger partial charge in [0.2, 0.25) is 5.91 Å². The minimum atomic E-state index is 0.180. The molecule has 1 aliphatic heterocycles. The second kappa shape index (κ2) is 5.95. The van der Waals surface area contributed by atoms with Gasteiger partial charge in [-0.15, -0.1) is 34.0 Å². The van der Waals surface area contributed by atoms with Crippen molar-refractivity contribution in [3.8, 4) is 9.88 Å². The van der Waals surface area contributed by atoms with E-state index in [0.29, 0.717) is 6.42 Å². The fourth-order valence-corrected chi connectivity index (χ4v) is 5.15. The van der Waals surface area contributed by atoms with E-state index in [9.17, 15) is 4.79 Å². The van der Waals surface area contributed by atoms with Gasteiger partial charge in [0.25, 0.3) is 0 Å². The fourth-order valence-electron chi connectivity index (χ4n) is 2.63. The molecule has 0 saturated carbocycles. The maximum atomic E-state index is 12.5. The molecule has 22 heavy (non-hydrogen) atoms. The van der Waals surface area contributed by atoms with Gasteiger partial charge in [0.1, 0.15) is 5.01 Å². The lowest BCUT2D eigenvalue weighted by Gasteiger charge is -2.26. The summed E-state index contributed by atoms with van der Waals surface area (Å²) < 4.78 is 0. The van der Waals surface area contributed by atoms with Crippen LogP contribution in [0.1, 0.15) is 16.1 Å². The lowest BCUT2D eigenvalue weighted by Crippen LogP contribution is -2.36. The van der Waals surface area contributed by atoms with Crippen LogP contribution in [0.25, 0.3) is 9.88 Å². The first-order valence-corrected chi connectivity index (χ1v) is 9.75. The average Bonchev–Trinajstić information content (AvgIpc) is 3.27. The van der Waals surface area contributed by atoms with Crippen LogP contribution >= 0.6 is 34.0 Å². The number of thiazole rings is 1. The van der Waals surface area contributed by atoms with Gasteiger partial charge in [-0.1, -0.05) is 6.07 Å². The number of thiophene rings is 2. The SMILES string of the molecule is O=C(Cc1csc(-c2cccs2)n1)N1CCc2sccc2C1. The summed E-state index contributed by atoms with van der Waals surface area (Å²) in [6, 6.07) is 6.23. The Bertz CT molecular complexity index is 788. The van der Waals surface area contributed by atoms with Crippen molar-refractivity contribution in [1.29, 1.82) is 0 Å². The van der Waals surface area contributed by atoms with E-state index in [2.05, 4.69) is 22.5 Å². The van der Waals surface area contributed by atoms with Crippen LogP contribution in [0, 0.1) is 0 Å². The van der Waals surface area contributed by atoms with Gasteiger partial charge in [0.15, 0.2) is 0 Å². The van der Waals surface area contributed by atoms with Crippen LogP contribution in [0.3, 0.4) is 0 Å². The molecule has 3 nitrogen and oxygen atoms in total. The van der Waals surface area contributed by atoms with Crippen LogP contribution in [-0.4, -0.2) is 22.3 Å². The third-order valence-corrected chi connectivity index (χ3v) is 6.73. The Morgan fingerprint density at radius 1 is 1.23 bits per heavy atom. The molecule has 0 saturated heterocycles. The van der Waals surface area contributed by atoms with E-state index in [0.717, 1.165) is 30.2 Å². The van der Waals surface area contributed by atoms with Crippen molar-refractivity contribution in [2.75, 3.05) is 6.54 Å². The molecule has 0 aliphatic carbocycles. The molecule has 1 amide bonds. The predicted octanol–water partition coefficient (Wildman–Crippen LogP) is 4.06. The van der Waals surface area contributed by atoms with Crippen molar-refractivity contribution >= 4 is 39.9 Å². The van der Waals surface area contributed by atoms with Crippen LogP contribution < -0.4 is 0 Å². The zero-order valence-electron chi connectivity index (χ0n) is 11.8. The number of rotatable bonds is 3. The van der Waals surface area contributed by atoms with E-state index in [1.54, 1.807) is 34.0 Å².